The first-order valence-corrected chi connectivity index (χ1v) is 10.7. The third-order valence-electron chi connectivity index (χ3n) is 9.16. The predicted molar refractivity (Wildman–Crippen MR) is 101 cm³/mol. The van der Waals surface area contributed by atoms with Crippen molar-refractivity contribution < 1.29 is 19.2 Å². The molecule has 0 aromatic heterocycles. The molecule has 0 spiro atoms. The average molecular weight is 426 g/mol. The van der Waals surface area contributed by atoms with Gasteiger partial charge in [0.05, 0.1) is 11.1 Å². The van der Waals surface area contributed by atoms with Crippen LogP contribution in [0.3, 0.4) is 0 Å². The van der Waals surface area contributed by atoms with Crippen molar-refractivity contribution in [2.24, 2.45) is 32.7 Å². The number of hydrogen-bond acceptors (Lipinski definition) is 5. The van der Waals surface area contributed by atoms with Crippen molar-refractivity contribution in [2.75, 3.05) is 5.33 Å². The van der Waals surface area contributed by atoms with E-state index in [4.69, 9.17) is 9.57 Å². The van der Waals surface area contributed by atoms with Gasteiger partial charge in [-0.2, -0.15) is 0 Å². The van der Waals surface area contributed by atoms with Crippen LogP contribution in [0.1, 0.15) is 66.7 Å². The number of rotatable bonds is 3. The molecule has 0 N–H and O–H groups in total. The van der Waals surface area contributed by atoms with Gasteiger partial charge in [0.1, 0.15) is 0 Å². The molecule has 0 aromatic rings. The molecule has 0 radical (unpaired) electrons. The summed E-state index contributed by atoms with van der Waals surface area (Å²) in [4.78, 5) is 30.8. The zero-order valence-corrected chi connectivity index (χ0v) is 17.9. The molecule has 5 atom stereocenters. The fourth-order valence-corrected chi connectivity index (χ4v) is 7.12. The zero-order chi connectivity index (χ0) is 19.2. The van der Waals surface area contributed by atoms with E-state index in [1.165, 1.54) is 6.42 Å². The van der Waals surface area contributed by atoms with Gasteiger partial charge in [0.25, 0.3) is 0 Å². The van der Waals surface area contributed by atoms with Crippen LogP contribution in [0.2, 0.25) is 0 Å². The first kappa shape index (κ1) is 18.5. The first-order valence-electron chi connectivity index (χ1n) is 9.57. The van der Waals surface area contributed by atoms with E-state index in [1.807, 2.05) is 20.8 Å². The van der Waals surface area contributed by atoms with Crippen LogP contribution in [0.15, 0.2) is 5.16 Å². The summed E-state index contributed by atoms with van der Waals surface area (Å²) < 4.78 is 5.60. The minimum atomic E-state index is -1.21. The molecule has 1 aliphatic heterocycles. The summed E-state index contributed by atoms with van der Waals surface area (Å²) >= 11 is 3.68. The van der Waals surface area contributed by atoms with Crippen molar-refractivity contribution >= 4 is 33.6 Å². The molecule has 0 amide bonds. The monoisotopic (exact) mass is 425 g/mol. The lowest BCUT2D eigenvalue weighted by atomic mass is 9.66. The van der Waals surface area contributed by atoms with E-state index < -0.39 is 22.4 Å². The van der Waals surface area contributed by atoms with Crippen molar-refractivity contribution in [1.29, 1.82) is 0 Å². The maximum Gasteiger partial charge on any atom is 0.378 e. The smallest absolute Gasteiger partial charge is 0.378 e. The molecule has 6 heteroatoms. The molecule has 3 aliphatic carbocycles. The summed E-state index contributed by atoms with van der Waals surface area (Å²) in [6.45, 7) is 10.3. The largest absolute Gasteiger partial charge is 0.446 e. The molecule has 4 bridgehead atoms. The van der Waals surface area contributed by atoms with E-state index in [-0.39, 0.29) is 16.8 Å². The molecule has 4 fully saturated rings. The quantitative estimate of drug-likeness (QED) is 0.293. The van der Waals surface area contributed by atoms with Crippen LogP contribution in [0.4, 0.5) is 0 Å². The molecule has 0 aromatic carbocycles. The number of alkyl halides is 1. The SMILES string of the molecule is CC12CCC(CC1=NOC(=O)C13CCC(C)(C(=O)O1)C3(C)C)C2(C)CBr. The second-order valence-electron chi connectivity index (χ2n) is 9.91. The van der Waals surface area contributed by atoms with Crippen molar-refractivity contribution in [3.05, 3.63) is 0 Å². The number of nitrogens with zero attached hydrogens (tertiary/aromatic N) is 1. The van der Waals surface area contributed by atoms with Gasteiger partial charge in [-0.1, -0.05) is 48.8 Å². The average Bonchev–Trinajstić information content (AvgIpc) is 3.11. The van der Waals surface area contributed by atoms with E-state index in [2.05, 4.69) is 34.9 Å². The molecule has 144 valence electrons. The summed E-state index contributed by atoms with van der Waals surface area (Å²) in [6, 6.07) is 0. The number of carbonyl (C=O) groups excluding carboxylic acids is 2. The highest BCUT2D eigenvalue weighted by atomic mass is 79.9. The van der Waals surface area contributed by atoms with Gasteiger partial charge in [-0.25, -0.2) is 4.79 Å². The molecule has 5 unspecified atom stereocenters. The molecule has 5 nitrogen and oxygen atoms in total. The fraction of sp³-hybridized carbons (Fsp3) is 0.850. The second kappa shape index (κ2) is 5.12. The van der Waals surface area contributed by atoms with E-state index in [0.717, 1.165) is 23.9 Å². The highest BCUT2D eigenvalue weighted by Gasteiger charge is 2.76. The Bertz CT molecular complexity index is 733. The molecule has 3 saturated carbocycles. The molecular weight excluding hydrogens is 398 g/mol. The molecule has 26 heavy (non-hydrogen) atoms. The Morgan fingerprint density at radius 1 is 1.19 bits per heavy atom. The predicted octanol–water partition coefficient (Wildman–Crippen LogP) is 4.23. The summed E-state index contributed by atoms with van der Waals surface area (Å²) in [5.41, 5.74) is -1.38. The number of halogens is 1. The van der Waals surface area contributed by atoms with Gasteiger partial charge in [0.2, 0.25) is 5.60 Å². The van der Waals surface area contributed by atoms with Crippen LogP contribution >= 0.6 is 15.9 Å². The number of carbonyl (C=O) groups is 2. The van der Waals surface area contributed by atoms with Gasteiger partial charge >= 0.3 is 11.9 Å². The normalized spacial score (nSPS) is 49.7. The Kier molecular flexibility index (Phi) is 3.63. The number of fused-ring (bicyclic) bond motifs is 4. The van der Waals surface area contributed by atoms with Crippen molar-refractivity contribution in [1.82, 2.24) is 0 Å². The summed E-state index contributed by atoms with van der Waals surface area (Å²) in [5.74, 6) is -0.244. The van der Waals surface area contributed by atoms with Crippen LogP contribution in [-0.2, 0) is 19.2 Å². The van der Waals surface area contributed by atoms with Crippen LogP contribution in [0.5, 0.6) is 0 Å². The zero-order valence-electron chi connectivity index (χ0n) is 16.3. The van der Waals surface area contributed by atoms with Gasteiger partial charge in [-0.3, -0.25) is 4.79 Å². The van der Waals surface area contributed by atoms with Crippen molar-refractivity contribution in [3.8, 4) is 0 Å². The molecule has 4 rings (SSSR count). The Hall–Kier alpha value is -0.910. The highest BCUT2D eigenvalue weighted by Crippen LogP contribution is 2.67. The Morgan fingerprint density at radius 2 is 1.88 bits per heavy atom. The van der Waals surface area contributed by atoms with Crippen molar-refractivity contribution in [3.63, 3.8) is 0 Å². The van der Waals surface area contributed by atoms with Gasteiger partial charge in [0.15, 0.2) is 0 Å². The fourth-order valence-electron chi connectivity index (χ4n) is 6.04. The summed E-state index contributed by atoms with van der Waals surface area (Å²) in [5, 5.41) is 5.26. The third kappa shape index (κ3) is 1.76. The first-order chi connectivity index (χ1) is 12.0. The molecular formula is C20H28BrNO4. The minimum absolute atomic E-state index is 0.0504. The van der Waals surface area contributed by atoms with Crippen LogP contribution in [0, 0.1) is 27.6 Å². The Morgan fingerprint density at radius 3 is 2.38 bits per heavy atom. The second-order valence-corrected chi connectivity index (χ2v) is 10.5. The van der Waals surface area contributed by atoms with E-state index >= 15 is 0 Å². The van der Waals surface area contributed by atoms with Gasteiger partial charge in [0, 0.05) is 16.2 Å². The molecule has 4 aliphatic rings. The molecule has 1 saturated heterocycles. The molecule has 1 heterocycles. The summed E-state index contributed by atoms with van der Waals surface area (Å²) in [7, 11) is 0. The maximum atomic E-state index is 13.0. The summed E-state index contributed by atoms with van der Waals surface area (Å²) in [6.07, 6.45) is 4.29. The number of esters is 1. The van der Waals surface area contributed by atoms with Gasteiger partial charge in [-0.05, 0) is 50.4 Å². The maximum absolute atomic E-state index is 13.0. The van der Waals surface area contributed by atoms with E-state index in [9.17, 15) is 9.59 Å². The van der Waals surface area contributed by atoms with Gasteiger partial charge < -0.3 is 9.57 Å². The van der Waals surface area contributed by atoms with E-state index in [0.29, 0.717) is 18.8 Å². The minimum Gasteiger partial charge on any atom is -0.446 e. The Balaban J connectivity index is 1.60. The topological polar surface area (TPSA) is 65.0 Å². The lowest BCUT2D eigenvalue weighted by Crippen LogP contribution is -2.48. The van der Waals surface area contributed by atoms with Crippen molar-refractivity contribution in [2.45, 2.75) is 72.3 Å². The van der Waals surface area contributed by atoms with Crippen LogP contribution < -0.4 is 0 Å². The number of hydrogen-bond donors (Lipinski definition) is 0. The van der Waals surface area contributed by atoms with E-state index in [1.54, 1.807) is 0 Å². The lowest BCUT2D eigenvalue weighted by Gasteiger charge is -2.36. The number of oxime groups is 1. The number of ether oxygens (including phenoxy) is 1. The third-order valence-corrected chi connectivity index (χ3v) is 10.3. The Labute approximate surface area is 163 Å². The lowest BCUT2D eigenvalue weighted by molar-refractivity contribution is -0.183. The standard InChI is InChI=1S/C20H28BrNO4/c1-16(2)18(4)8-9-20(16,25-14(18)23)15(24)26-22-13-10-12-6-7-17(13,3)19(12,5)11-21/h12H,6-11H2,1-5H3. The van der Waals surface area contributed by atoms with Crippen LogP contribution in [-0.4, -0.2) is 28.6 Å². The van der Waals surface area contributed by atoms with Gasteiger partial charge in [-0.15, -0.1) is 0 Å². The highest BCUT2D eigenvalue weighted by molar-refractivity contribution is 9.09. The van der Waals surface area contributed by atoms with Crippen LogP contribution in [0.25, 0.3) is 0 Å².